The van der Waals surface area contributed by atoms with Crippen LogP contribution in [-0.2, 0) is 6.42 Å². The summed E-state index contributed by atoms with van der Waals surface area (Å²) in [5.74, 6) is 0.594. The van der Waals surface area contributed by atoms with Gasteiger partial charge in [0.05, 0.1) is 0 Å². The van der Waals surface area contributed by atoms with Crippen LogP contribution in [0.3, 0.4) is 0 Å². The van der Waals surface area contributed by atoms with Gasteiger partial charge >= 0.3 is 0 Å². The highest BCUT2D eigenvalue weighted by Crippen LogP contribution is 2.30. The van der Waals surface area contributed by atoms with Crippen LogP contribution in [0.4, 0.5) is 4.39 Å². The molecule has 2 heteroatoms. The molecule has 1 unspecified atom stereocenters. The van der Waals surface area contributed by atoms with Gasteiger partial charge in [0.25, 0.3) is 0 Å². The molecular formula is C16H24FN. The van der Waals surface area contributed by atoms with Crippen molar-refractivity contribution in [1.82, 2.24) is 5.32 Å². The molecule has 1 nitrogen and oxygen atoms in total. The Kier molecular flexibility index (Phi) is 4.06. The molecule has 1 heterocycles. The lowest BCUT2D eigenvalue weighted by Crippen LogP contribution is -2.43. The van der Waals surface area contributed by atoms with E-state index in [-0.39, 0.29) is 11.4 Å². The molecule has 2 rings (SSSR count). The zero-order chi connectivity index (χ0) is 13.2. The van der Waals surface area contributed by atoms with Gasteiger partial charge in [-0.15, -0.1) is 0 Å². The fourth-order valence-corrected chi connectivity index (χ4v) is 3.18. The van der Waals surface area contributed by atoms with Crippen LogP contribution in [0.15, 0.2) is 18.2 Å². The lowest BCUT2D eigenvalue weighted by molar-refractivity contribution is 0.301. The fraction of sp³-hybridized carbons (Fsp3) is 0.625. The molecule has 0 aromatic heterocycles. The molecule has 1 atom stereocenters. The summed E-state index contributed by atoms with van der Waals surface area (Å²) in [6, 6.07) is 5.67. The summed E-state index contributed by atoms with van der Waals surface area (Å²) >= 11 is 0. The van der Waals surface area contributed by atoms with Gasteiger partial charge < -0.3 is 5.32 Å². The van der Waals surface area contributed by atoms with E-state index in [1.54, 1.807) is 6.07 Å². The van der Waals surface area contributed by atoms with Gasteiger partial charge in [0.1, 0.15) is 5.82 Å². The lowest BCUT2D eigenvalue weighted by Gasteiger charge is -2.32. The Bertz CT molecular complexity index is 406. The molecule has 1 aromatic rings. The molecule has 18 heavy (non-hydrogen) atoms. The van der Waals surface area contributed by atoms with Crippen molar-refractivity contribution in [1.29, 1.82) is 0 Å². The van der Waals surface area contributed by atoms with E-state index in [4.69, 9.17) is 0 Å². The van der Waals surface area contributed by atoms with Crippen LogP contribution in [0.2, 0.25) is 0 Å². The summed E-state index contributed by atoms with van der Waals surface area (Å²) in [5, 5.41) is 3.66. The number of rotatable bonds is 4. The van der Waals surface area contributed by atoms with Crippen LogP contribution in [0.5, 0.6) is 0 Å². The maximum Gasteiger partial charge on any atom is 0.126 e. The van der Waals surface area contributed by atoms with Gasteiger partial charge in [0.15, 0.2) is 0 Å². The number of benzene rings is 1. The highest BCUT2D eigenvalue weighted by Gasteiger charge is 2.34. The van der Waals surface area contributed by atoms with E-state index in [1.165, 1.54) is 19.3 Å². The van der Waals surface area contributed by atoms with Crippen LogP contribution >= 0.6 is 0 Å². The van der Waals surface area contributed by atoms with E-state index >= 15 is 0 Å². The summed E-state index contributed by atoms with van der Waals surface area (Å²) in [5.41, 5.74) is 2.04. The van der Waals surface area contributed by atoms with Gasteiger partial charge in [0.2, 0.25) is 0 Å². The Labute approximate surface area is 110 Å². The smallest absolute Gasteiger partial charge is 0.126 e. The summed E-state index contributed by atoms with van der Waals surface area (Å²) < 4.78 is 13.6. The number of aryl methyl sites for hydroxylation is 1. The van der Waals surface area contributed by atoms with Crippen molar-refractivity contribution in [2.45, 2.75) is 52.0 Å². The molecule has 1 aliphatic rings. The molecule has 0 bridgehead atoms. The largest absolute Gasteiger partial charge is 0.311 e. The second-order valence-electron chi connectivity index (χ2n) is 6.17. The molecular weight excluding hydrogens is 225 g/mol. The molecule has 1 aromatic carbocycles. The third-order valence-electron chi connectivity index (χ3n) is 3.91. The molecule has 0 amide bonds. The SMILES string of the molecule is Cc1ccc(CC2(CC(C)C)CCCN2)cc1F. The first kappa shape index (κ1) is 13.5. The molecule has 0 spiro atoms. The predicted octanol–water partition coefficient (Wildman–Crippen LogP) is 3.84. The standard InChI is InChI=1S/C16H24FN/c1-12(2)10-16(7-4-8-18-16)11-14-6-5-13(3)15(17)9-14/h5-6,9,12,18H,4,7-8,10-11H2,1-3H3. The van der Waals surface area contributed by atoms with Crippen molar-refractivity contribution in [2.75, 3.05) is 6.54 Å². The average molecular weight is 249 g/mol. The summed E-state index contributed by atoms with van der Waals surface area (Å²) in [4.78, 5) is 0. The second-order valence-corrected chi connectivity index (χ2v) is 6.17. The van der Waals surface area contributed by atoms with Gasteiger partial charge in [-0.1, -0.05) is 26.0 Å². The Morgan fingerprint density at radius 1 is 1.39 bits per heavy atom. The van der Waals surface area contributed by atoms with Crippen LogP contribution in [0.25, 0.3) is 0 Å². The first-order chi connectivity index (χ1) is 8.51. The molecule has 0 radical (unpaired) electrons. The van der Waals surface area contributed by atoms with Crippen molar-refractivity contribution in [3.63, 3.8) is 0 Å². The maximum absolute atomic E-state index is 13.6. The number of halogens is 1. The zero-order valence-electron chi connectivity index (χ0n) is 11.7. The molecule has 1 fully saturated rings. The molecule has 1 N–H and O–H groups in total. The molecule has 0 aliphatic carbocycles. The quantitative estimate of drug-likeness (QED) is 0.854. The van der Waals surface area contributed by atoms with Crippen LogP contribution in [0.1, 0.15) is 44.2 Å². The van der Waals surface area contributed by atoms with Crippen LogP contribution in [-0.4, -0.2) is 12.1 Å². The third kappa shape index (κ3) is 3.11. The Hall–Kier alpha value is -0.890. The van der Waals surface area contributed by atoms with Crippen molar-refractivity contribution in [2.24, 2.45) is 5.92 Å². The maximum atomic E-state index is 13.6. The topological polar surface area (TPSA) is 12.0 Å². The molecule has 100 valence electrons. The third-order valence-corrected chi connectivity index (χ3v) is 3.91. The molecule has 1 saturated heterocycles. The van der Waals surface area contributed by atoms with Crippen LogP contribution < -0.4 is 5.32 Å². The predicted molar refractivity (Wildman–Crippen MR) is 74.3 cm³/mol. The van der Waals surface area contributed by atoms with Gasteiger partial charge in [-0.2, -0.15) is 0 Å². The number of hydrogen-bond donors (Lipinski definition) is 1. The highest BCUT2D eigenvalue weighted by molar-refractivity contribution is 5.25. The second kappa shape index (κ2) is 5.40. The van der Waals surface area contributed by atoms with Crippen molar-refractivity contribution < 1.29 is 4.39 Å². The normalized spacial score (nSPS) is 23.8. The molecule has 1 aliphatic heterocycles. The number of hydrogen-bond acceptors (Lipinski definition) is 1. The average Bonchev–Trinajstić information content (AvgIpc) is 2.71. The Morgan fingerprint density at radius 3 is 2.72 bits per heavy atom. The lowest BCUT2D eigenvalue weighted by atomic mass is 9.82. The van der Waals surface area contributed by atoms with E-state index in [0.717, 1.165) is 24.1 Å². The van der Waals surface area contributed by atoms with Gasteiger partial charge in [-0.25, -0.2) is 4.39 Å². The Morgan fingerprint density at radius 2 is 2.17 bits per heavy atom. The van der Waals surface area contributed by atoms with Crippen molar-refractivity contribution in [3.05, 3.63) is 35.1 Å². The van der Waals surface area contributed by atoms with E-state index in [9.17, 15) is 4.39 Å². The minimum atomic E-state index is -0.0785. The van der Waals surface area contributed by atoms with Crippen LogP contribution in [0, 0.1) is 18.7 Å². The van der Waals surface area contributed by atoms with Gasteiger partial charge in [0, 0.05) is 5.54 Å². The zero-order valence-corrected chi connectivity index (χ0v) is 11.7. The molecule has 0 saturated carbocycles. The minimum absolute atomic E-state index is 0.0785. The van der Waals surface area contributed by atoms with E-state index in [2.05, 4.69) is 25.2 Å². The Balaban J connectivity index is 2.15. The number of nitrogens with one attached hydrogen (secondary N) is 1. The summed E-state index contributed by atoms with van der Waals surface area (Å²) in [7, 11) is 0. The van der Waals surface area contributed by atoms with Gasteiger partial charge in [-0.05, 0) is 62.3 Å². The minimum Gasteiger partial charge on any atom is -0.311 e. The monoisotopic (exact) mass is 249 g/mol. The fourth-order valence-electron chi connectivity index (χ4n) is 3.18. The highest BCUT2D eigenvalue weighted by atomic mass is 19.1. The van der Waals surface area contributed by atoms with E-state index in [1.807, 2.05) is 13.0 Å². The van der Waals surface area contributed by atoms with Gasteiger partial charge in [-0.3, -0.25) is 0 Å². The summed E-state index contributed by atoms with van der Waals surface area (Å²) in [6.07, 6.45) is 4.56. The van der Waals surface area contributed by atoms with Crippen molar-refractivity contribution >= 4 is 0 Å². The first-order valence-electron chi connectivity index (χ1n) is 7.01. The van der Waals surface area contributed by atoms with E-state index in [0.29, 0.717) is 5.92 Å². The summed E-state index contributed by atoms with van der Waals surface area (Å²) in [6.45, 7) is 7.44. The first-order valence-corrected chi connectivity index (χ1v) is 7.01. The van der Waals surface area contributed by atoms with E-state index < -0.39 is 0 Å². The van der Waals surface area contributed by atoms with Crippen molar-refractivity contribution in [3.8, 4) is 0 Å².